The Kier molecular flexibility index (Phi) is 8.65. The van der Waals surface area contributed by atoms with Gasteiger partial charge in [0.25, 0.3) is 0 Å². The first-order valence-corrected chi connectivity index (χ1v) is 12.8. The van der Waals surface area contributed by atoms with Crippen molar-refractivity contribution in [1.29, 1.82) is 0 Å². The molecule has 0 saturated heterocycles. The standard InChI is InChI=1S/C26H44O4/c1-17(2)19-9-13-21(14-10-19)29-25(27)23-7-5-6-8-24(23)26(28)30-22-15-11-20(12-16-22)18(3)4/h17-24H,5-16H2,1-4H3. The van der Waals surface area contributed by atoms with E-state index in [9.17, 15) is 9.59 Å². The second-order valence-corrected chi connectivity index (χ2v) is 10.9. The molecule has 2 unspecified atom stereocenters. The molecule has 3 aliphatic carbocycles. The summed E-state index contributed by atoms with van der Waals surface area (Å²) in [5, 5.41) is 0. The second-order valence-electron chi connectivity index (χ2n) is 10.9. The molecular formula is C26H44O4. The van der Waals surface area contributed by atoms with E-state index in [0.29, 0.717) is 11.8 Å². The summed E-state index contributed by atoms with van der Waals surface area (Å²) in [5.74, 6) is 2.01. The van der Waals surface area contributed by atoms with E-state index in [0.717, 1.165) is 88.9 Å². The molecule has 0 aromatic heterocycles. The maximum absolute atomic E-state index is 13.0. The topological polar surface area (TPSA) is 52.6 Å². The maximum atomic E-state index is 13.0. The number of hydrogen-bond acceptors (Lipinski definition) is 4. The summed E-state index contributed by atoms with van der Waals surface area (Å²) in [6.45, 7) is 9.13. The smallest absolute Gasteiger partial charge is 0.310 e. The van der Waals surface area contributed by atoms with Crippen molar-refractivity contribution < 1.29 is 19.1 Å². The molecule has 30 heavy (non-hydrogen) atoms. The fourth-order valence-electron chi connectivity index (χ4n) is 5.94. The monoisotopic (exact) mass is 420 g/mol. The van der Waals surface area contributed by atoms with Crippen molar-refractivity contribution in [3.63, 3.8) is 0 Å². The number of carbonyl (C=O) groups excluding carboxylic acids is 2. The summed E-state index contributed by atoms with van der Waals surface area (Å²) in [4.78, 5) is 26.0. The fourth-order valence-corrected chi connectivity index (χ4v) is 5.94. The summed E-state index contributed by atoms with van der Waals surface area (Å²) in [5.41, 5.74) is 0. The van der Waals surface area contributed by atoms with Crippen LogP contribution in [0.4, 0.5) is 0 Å². The first-order valence-electron chi connectivity index (χ1n) is 12.8. The van der Waals surface area contributed by atoms with Gasteiger partial charge in [0.15, 0.2) is 0 Å². The molecule has 0 N–H and O–H groups in total. The van der Waals surface area contributed by atoms with Gasteiger partial charge in [0.2, 0.25) is 0 Å². The molecule has 3 saturated carbocycles. The molecule has 3 aliphatic rings. The Labute approximate surface area is 183 Å². The first-order chi connectivity index (χ1) is 14.3. The molecule has 0 aromatic rings. The van der Waals surface area contributed by atoms with Crippen LogP contribution in [-0.4, -0.2) is 24.1 Å². The predicted molar refractivity (Wildman–Crippen MR) is 119 cm³/mol. The van der Waals surface area contributed by atoms with Crippen molar-refractivity contribution in [2.45, 2.75) is 117 Å². The lowest BCUT2D eigenvalue weighted by atomic mass is 9.78. The number of rotatable bonds is 6. The Morgan fingerprint density at radius 2 is 0.900 bits per heavy atom. The predicted octanol–water partition coefficient (Wildman–Crippen LogP) is 6.31. The highest BCUT2D eigenvalue weighted by Gasteiger charge is 2.40. The van der Waals surface area contributed by atoms with Crippen LogP contribution in [0.25, 0.3) is 0 Å². The van der Waals surface area contributed by atoms with Crippen LogP contribution >= 0.6 is 0 Å². The molecule has 0 radical (unpaired) electrons. The van der Waals surface area contributed by atoms with Gasteiger partial charge in [0, 0.05) is 0 Å². The molecule has 0 amide bonds. The van der Waals surface area contributed by atoms with Gasteiger partial charge < -0.3 is 9.47 Å². The van der Waals surface area contributed by atoms with Gasteiger partial charge in [0.1, 0.15) is 12.2 Å². The Morgan fingerprint density at radius 3 is 1.20 bits per heavy atom. The van der Waals surface area contributed by atoms with E-state index < -0.39 is 0 Å². The van der Waals surface area contributed by atoms with Gasteiger partial charge in [-0.2, -0.15) is 0 Å². The van der Waals surface area contributed by atoms with Crippen molar-refractivity contribution >= 4 is 11.9 Å². The molecule has 3 rings (SSSR count). The third kappa shape index (κ3) is 6.23. The quantitative estimate of drug-likeness (QED) is 0.473. The third-order valence-electron chi connectivity index (χ3n) is 8.26. The van der Waals surface area contributed by atoms with E-state index in [1.54, 1.807) is 0 Å². The minimum absolute atomic E-state index is 0.0393. The van der Waals surface area contributed by atoms with Gasteiger partial charge in [-0.25, -0.2) is 0 Å². The Balaban J connectivity index is 1.49. The SMILES string of the molecule is CC(C)C1CCC(OC(=O)C2CCCCC2C(=O)OC2CCC(C(C)C)CC2)CC1. The van der Waals surface area contributed by atoms with Crippen LogP contribution in [-0.2, 0) is 19.1 Å². The number of hydrogen-bond donors (Lipinski definition) is 0. The molecule has 172 valence electrons. The molecule has 2 atom stereocenters. The summed E-state index contributed by atoms with van der Waals surface area (Å²) in [6, 6.07) is 0. The Bertz CT molecular complexity index is 503. The molecule has 4 heteroatoms. The second kappa shape index (κ2) is 11.0. The highest BCUT2D eigenvalue weighted by Crippen LogP contribution is 2.37. The van der Waals surface area contributed by atoms with Crippen LogP contribution in [0.1, 0.15) is 105 Å². The highest BCUT2D eigenvalue weighted by molar-refractivity contribution is 5.82. The number of esters is 2. The Hall–Kier alpha value is -1.06. The molecule has 0 aliphatic heterocycles. The molecule has 0 spiro atoms. The lowest BCUT2D eigenvalue weighted by Gasteiger charge is -2.35. The minimum Gasteiger partial charge on any atom is -0.462 e. The molecule has 0 bridgehead atoms. The lowest BCUT2D eigenvalue weighted by molar-refractivity contribution is -0.171. The van der Waals surface area contributed by atoms with Crippen LogP contribution in [0.5, 0.6) is 0 Å². The Morgan fingerprint density at radius 1 is 0.567 bits per heavy atom. The van der Waals surface area contributed by atoms with Crippen molar-refractivity contribution in [3.05, 3.63) is 0 Å². The van der Waals surface area contributed by atoms with Gasteiger partial charge in [-0.1, -0.05) is 40.5 Å². The zero-order valence-corrected chi connectivity index (χ0v) is 19.7. The third-order valence-corrected chi connectivity index (χ3v) is 8.26. The van der Waals surface area contributed by atoms with E-state index in [2.05, 4.69) is 27.7 Å². The van der Waals surface area contributed by atoms with Gasteiger partial charge in [-0.3, -0.25) is 9.59 Å². The summed E-state index contributed by atoms with van der Waals surface area (Å²) < 4.78 is 11.8. The van der Waals surface area contributed by atoms with Crippen molar-refractivity contribution in [2.24, 2.45) is 35.5 Å². The van der Waals surface area contributed by atoms with E-state index in [-0.39, 0.29) is 36.0 Å². The van der Waals surface area contributed by atoms with Crippen molar-refractivity contribution in [2.75, 3.05) is 0 Å². The van der Waals surface area contributed by atoms with Gasteiger partial charge >= 0.3 is 11.9 Å². The van der Waals surface area contributed by atoms with Gasteiger partial charge in [-0.05, 0) is 87.9 Å². The number of carbonyl (C=O) groups is 2. The molecule has 3 fully saturated rings. The van der Waals surface area contributed by atoms with E-state index >= 15 is 0 Å². The summed E-state index contributed by atoms with van der Waals surface area (Å²) in [7, 11) is 0. The first kappa shape index (κ1) is 23.6. The molecule has 0 heterocycles. The summed E-state index contributed by atoms with van der Waals surface area (Å²) in [6.07, 6.45) is 12.1. The zero-order chi connectivity index (χ0) is 21.7. The molecule has 4 nitrogen and oxygen atoms in total. The van der Waals surface area contributed by atoms with Crippen LogP contribution in [0.3, 0.4) is 0 Å². The zero-order valence-electron chi connectivity index (χ0n) is 19.7. The summed E-state index contributed by atoms with van der Waals surface area (Å²) >= 11 is 0. The van der Waals surface area contributed by atoms with Crippen LogP contribution in [0.15, 0.2) is 0 Å². The fraction of sp³-hybridized carbons (Fsp3) is 0.923. The van der Waals surface area contributed by atoms with Crippen LogP contribution in [0, 0.1) is 35.5 Å². The van der Waals surface area contributed by atoms with E-state index in [4.69, 9.17) is 9.47 Å². The van der Waals surface area contributed by atoms with Gasteiger partial charge in [0.05, 0.1) is 11.8 Å². The molecule has 0 aromatic carbocycles. The highest BCUT2D eigenvalue weighted by atomic mass is 16.6. The largest absolute Gasteiger partial charge is 0.462 e. The van der Waals surface area contributed by atoms with Crippen LogP contribution in [0.2, 0.25) is 0 Å². The normalized spacial score (nSPS) is 35.3. The van der Waals surface area contributed by atoms with Gasteiger partial charge in [-0.15, -0.1) is 0 Å². The average Bonchev–Trinajstić information content (AvgIpc) is 2.74. The lowest BCUT2D eigenvalue weighted by Crippen LogP contribution is -2.39. The van der Waals surface area contributed by atoms with Crippen molar-refractivity contribution in [3.8, 4) is 0 Å². The van der Waals surface area contributed by atoms with E-state index in [1.165, 1.54) is 0 Å². The molecular weight excluding hydrogens is 376 g/mol. The maximum Gasteiger partial charge on any atom is 0.310 e. The minimum atomic E-state index is -0.305. The van der Waals surface area contributed by atoms with E-state index in [1.807, 2.05) is 0 Å². The average molecular weight is 421 g/mol. The van der Waals surface area contributed by atoms with Crippen molar-refractivity contribution in [1.82, 2.24) is 0 Å². The number of ether oxygens (including phenoxy) is 2. The van der Waals surface area contributed by atoms with Crippen LogP contribution < -0.4 is 0 Å².